The van der Waals surface area contributed by atoms with E-state index >= 15 is 0 Å². The van der Waals surface area contributed by atoms with Crippen LogP contribution in [-0.2, 0) is 9.59 Å². The van der Waals surface area contributed by atoms with Crippen molar-refractivity contribution in [3.05, 3.63) is 27.4 Å². The molecular formula is C14H18N4O2S2. The van der Waals surface area contributed by atoms with Crippen molar-refractivity contribution < 1.29 is 9.59 Å². The molecule has 2 N–H and O–H groups in total. The largest absolute Gasteiger partial charge is 0.348 e. The van der Waals surface area contributed by atoms with E-state index in [4.69, 9.17) is 0 Å². The Morgan fingerprint density at radius 2 is 2.09 bits per heavy atom. The summed E-state index contributed by atoms with van der Waals surface area (Å²) in [5.41, 5.74) is 0. The van der Waals surface area contributed by atoms with Gasteiger partial charge in [0.1, 0.15) is 5.01 Å². The summed E-state index contributed by atoms with van der Waals surface area (Å²) in [6.07, 6.45) is 0.163. The van der Waals surface area contributed by atoms with E-state index in [0.717, 1.165) is 9.88 Å². The molecule has 2 rings (SSSR count). The molecule has 0 saturated heterocycles. The highest BCUT2D eigenvalue weighted by atomic mass is 32.1. The molecule has 0 aliphatic carbocycles. The van der Waals surface area contributed by atoms with Gasteiger partial charge >= 0.3 is 0 Å². The Morgan fingerprint density at radius 3 is 2.64 bits per heavy atom. The Bertz CT molecular complexity index is 637. The second-order valence-corrected chi connectivity index (χ2v) is 7.11. The normalized spacial score (nSPS) is 12.2. The first-order valence-electron chi connectivity index (χ1n) is 6.89. The molecule has 118 valence electrons. The number of thiophene rings is 1. The number of carbonyl (C=O) groups is 2. The van der Waals surface area contributed by atoms with Crippen LogP contribution in [0.25, 0.3) is 0 Å². The molecule has 8 heteroatoms. The second-order valence-electron chi connectivity index (χ2n) is 5.12. The molecule has 0 fully saturated rings. The van der Waals surface area contributed by atoms with Crippen molar-refractivity contribution in [2.75, 3.05) is 5.32 Å². The van der Waals surface area contributed by atoms with Crippen molar-refractivity contribution >= 4 is 39.6 Å². The third-order valence-electron chi connectivity index (χ3n) is 2.83. The van der Waals surface area contributed by atoms with Crippen LogP contribution in [0.3, 0.4) is 0 Å². The zero-order chi connectivity index (χ0) is 16.1. The molecule has 0 aliphatic rings. The van der Waals surface area contributed by atoms with Gasteiger partial charge in [-0.1, -0.05) is 31.3 Å². The Kier molecular flexibility index (Phi) is 5.62. The molecule has 1 unspecified atom stereocenters. The van der Waals surface area contributed by atoms with Gasteiger partial charge in [0.2, 0.25) is 16.9 Å². The zero-order valence-corrected chi connectivity index (χ0v) is 14.3. The molecule has 2 heterocycles. The van der Waals surface area contributed by atoms with E-state index in [2.05, 4.69) is 20.8 Å². The van der Waals surface area contributed by atoms with Gasteiger partial charge in [-0.3, -0.25) is 9.59 Å². The number of rotatable bonds is 6. The average Bonchev–Trinajstić information content (AvgIpc) is 3.08. The van der Waals surface area contributed by atoms with Gasteiger partial charge in [-0.15, -0.1) is 21.5 Å². The van der Waals surface area contributed by atoms with Crippen LogP contribution in [-0.4, -0.2) is 22.0 Å². The molecule has 2 aromatic heterocycles. The van der Waals surface area contributed by atoms with Crippen LogP contribution in [0.15, 0.2) is 17.5 Å². The van der Waals surface area contributed by atoms with Crippen LogP contribution in [0.5, 0.6) is 0 Å². The number of nitrogens with one attached hydrogen (secondary N) is 2. The lowest BCUT2D eigenvalue weighted by molar-refractivity contribution is -0.120. The third-order valence-corrected chi connectivity index (χ3v) is 4.96. The number of hydrogen-bond donors (Lipinski definition) is 2. The Morgan fingerprint density at radius 1 is 1.32 bits per heavy atom. The van der Waals surface area contributed by atoms with Gasteiger partial charge in [0, 0.05) is 17.7 Å². The zero-order valence-electron chi connectivity index (χ0n) is 12.6. The Hall–Kier alpha value is -1.80. The van der Waals surface area contributed by atoms with E-state index in [-0.39, 0.29) is 30.2 Å². The standard InChI is InChI=1S/C14H18N4O2S2/c1-8(2)13-17-18-14(22-13)16-12(20)7-10(15-9(3)19)11-5-4-6-21-11/h4-6,8,10H,7H2,1-3H3,(H,15,19)(H,16,18,20). The van der Waals surface area contributed by atoms with Gasteiger partial charge in [0.05, 0.1) is 12.5 Å². The van der Waals surface area contributed by atoms with Crippen molar-refractivity contribution in [3.63, 3.8) is 0 Å². The first-order chi connectivity index (χ1) is 10.5. The van der Waals surface area contributed by atoms with E-state index in [9.17, 15) is 9.59 Å². The van der Waals surface area contributed by atoms with Crippen molar-refractivity contribution in [3.8, 4) is 0 Å². The molecule has 2 aromatic rings. The van der Waals surface area contributed by atoms with Crippen LogP contribution in [0.2, 0.25) is 0 Å². The van der Waals surface area contributed by atoms with Crippen molar-refractivity contribution in [1.29, 1.82) is 0 Å². The van der Waals surface area contributed by atoms with Crippen molar-refractivity contribution in [2.45, 2.75) is 39.2 Å². The number of hydrogen-bond acceptors (Lipinski definition) is 6. The van der Waals surface area contributed by atoms with E-state index in [1.807, 2.05) is 31.4 Å². The SMILES string of the molecule is CC(=O)NC(CC(=O)Nc1nnc(C(C)C)s1)c1cccs1. The number of anilines is 1. The summed E-state index contributed by atoms with van der Waals surface area (Å²) in [6.45, 7) is 5.49. The predicted molar refractivity (Wildman–Crippen MR) is 88.1 cm³/mol. The molecule has 1 atom stereocenters. The summed E-state index contributed by atoms with van der Waals surface area (Å²) in [4.78, 5) is 24.4. The highest BCUT2D eigenvalue weighted by molar-refractivity contribution is 7.15. The number of amides is 2. The summed E-state index contributed by atoms with van der Waals surface area (Å²) in [5, 5.41) is 16.8. The predicted octanol–water partition coefficient (Wildman–Crippen LogP) is 2.93. The smallest absolute Gasteiger partial charge is 0.228 e. The minimum atomic E-state index is -0.324. The second kappa shape index (κ2) is 7.46. The number of aromatic nitrogens is 2. The lowest BCUT2D eigenvalue weighted by Gasteiger charge is -2.15. The fraction of sp³-hybridized carbons (Fsp3) is 0.429. The molecule has 0 spiro atoms. The summed E-state index contributed by atoms with van der Waals surface area (Å²) in [7, 11) is 0. The van der Waals surface area contributed by atoms with Crippen LogP contribution in [0.1, 0.15) is 49.0 Å². The molecule has 0 aromatic carbocycles. The van der Waals surface area contributed by atoms with E-state index in [1.165, 1.54) is 29.6 Å². The first kappa shape index (κ1) is 16.6. The monoisotopic (exact) mass is 338 g/mol. The maximum absolute atomic E-state index is 12.2. The van der Waals surface area contributed by atoms with Crippen LogP contribution >= 0.6 is 22.7 Å². The lowest BCUT2D eigenvalue weighted by Crippen LogP contribution is -2.29. The van der Waals surface area contributed by atoms with Crippen molar-refractivity contribution in [1.82, 2.24) is 15.5 Å². The average molecular weight is 338 g/mol. The quantitative estimate of drug-likeness (QED) is 0.848. The fourth-order valence-corrected chi connectivity index (χ4v) is 3.37. The summed E-state index contributed by atoms with van der Waals surface area (Å²) in [6, 6.07) is 3.47. The highest BCUT2D eigenvalue weighted by Gasteiger charge is 2.19. The topological polar surface area (TPSA) is 84.0 Å². The van der Waals surface area contributed by atoms with Crippen molar-refractivity contribution in [2.24, 2.45) is 0 Å². The highest BCUT2D eigenvalue weighted by Crippen LogP contribution is 2.25. The molecule has 2 amide bonds. The minimum absolute atomic E-state index is 0.163. The van der Waals surface area contributed by atoms with Crippen LogP contribution in [0, 0.1) is 0 Å². The Balaban J connectivity index is 1.99. The third kappa shape index (κ3) is 4.60. The summed E-state index contributed by atoms with van der Waals surface area (Å²) >= 11 is 2.88. The molecule has 0 bridgehead atoms. The molecule has 22 heavy (non-hydrogen) atoms. The fourth-order valence-electron chi connectivity index (χ4n) is 1.83. The maximum atomic E-state index is 12.2. The van der Waals surface area contributed by atoms with E-state index in [0.29, 0.717) is 5.13 Å². The van der Waals surface area contributed by atoms with Gasteiger partial charge in [-0.05, 0) is 11.4 Å². The molecule has 0 aliphatic heterocycles. The van der Waals surface area contributed by atoms with Gasteiger partial charge in [-0.25, -0.2) is 0 Å². The van der Waals surface area contributed by atoms with Gasteiger partial charge in [-0.2, -0.15) is 0 Å². The summed E-state index contributed by atoms with van der Waals surface area (Å²) in [5.74, 6) is -0.0794. The van der Waals surface area contributed by atoms with E-state index in [1.54, 1.807) is 0 Å². The summed E-state index contributed by atoms with van der Waals surface area (Å²) < 4.78 is 0. The minimum Gasteiger partial charge on any atom is -0.348 e. The van der Waals surface area contributed by atoms with E-state index < -0.39 is 0 Å². The molecule has 0 radical (unpaired) electrons. The number of nitrogens with zero attached hydrogens (tertiary/aromatic N) is 2. The molecular weight excluding hydrogens is 320 g/mol. The lowest BCUT2D eigenvalue weighted by atomic mass is 10.1. The van der Waals surface area contributed by atoms with Gasteiger partial charge in [0.15, 0.2) is 0 Å². The number of carbonyl (C=O) groups excluding carboxylic acids is 2. The molecule has 0 saturated carbocycles. The Labute approximate surface area is 137 Å². The van der Waals surface area contributed by atoms with Crippen LogP contribution in [0.4, 0.5) is 5.13 Å². The van der Waals surface area contributed by atoms with Gasteiger partial charge < -0.3 is 10.6 Å². The molecule has 6 nitrogen and oxygen atoms in total. The first-order valence-corrected chi connectivity index (χ1v) is 8.59. The van der Waals surface area contributed by atoms with Crippen LogP contribution < -0.4 is 10.6 Å². The maximum Gasteiger partial charge on any atom is 0.228 e. The van der Waals surface area contributed by atoms with Gasteiger partial charge in [0.25, 0.3) is 0 Å².